The molecule has 8 heteroatoms. The number of urea groups is 1. The standard InChI is InChI=1S/C28H35F3N2O3/c1-17-11-20(13-21(12-17)28(29,30)31)25(16-34)36-24-10-9-19-14-33(27(35)32(3)4)15-23(19)26(24)22-8-6-5-7-18(22)2/h5-8,11-13,19,23-26,34H,9-10,14-16H2,1-4H3/t19-,23-,24+,25+,26+/m1/s1. The fraction of sp³-hybridized carbons (Fsp3) is 0.536. The van der Waals surface area contributed by atoms with Gasteiger partial charge in [-0.1, -0.05) is 35.9 Å². The summed E-state index contributed by atoms with van der Waals surface area (Å²) in [6.45, 7) is 4.54. The van der Waals surface area contributed by atoms with E-state index in [0.717, 1.165) is 29.7 Å². The molecule has 1 saturated carbocycles. The van der Waals surface area contributed by atoms with Gasteiger partial charge in [-0.15, -0.1) is 0 Å². The van der Waals surface area contributed by atoms with Crippen molar-refractivity contribution >= 4 is 6.03 Å². The molecule has 2 amide bonds. The number of ether oxygens (including phenoxy) is 1. The van der Waals surface area contributed by atoms with Gasteiger partial charge in [0.1, 0.15) is 6.10 Å². The molecule has 2 aromatic carbocycles. The lowest BCUT2D eigenvalue weighted by atomic mass is 9.68. The van der Waals surface area contributed by atoms with Crippen molar-refractivity contribution < 1.29 is 27.8 Å². The SMILES string of the molecule is Cc1cc([C@H](CO)O[C@H]2CC[C@@H]3CN(C(=O)N(C)C)C[C@H]3[C@@H]2c2ccccc2C)cc(C(F)(F)F)c1. The molecule has 5 nitrogen and oxygen atoms in total. The summed E-state index contributed by atoms with van der Waals surface area (Å²) in [7, 11) is 3.50. The maximum atomic E-state index is 13.5. The van der Waals surface area contributed by atoms with E-state index in [1.54, 1.807) is 32.0 Å². The molecule has 1 aliphatic carbocycles. The van der Waals surface area contributed by atoms with Crippen molar-refractivity contribution in [3.8, 4) is 0 Å². The van der Waals surface area contributed by atoms with Crippen LogP contribution in [-0.2, 0) is 10.9 Å². The predicted molar refractivity (Wildman–Crippen MR) is 132 cm³/mol. The molecular weight excluding hydrogens is 469 g/mol. The molecule has 1 heterocycles. The van der Waals surface area contributed by atoms with Gasteiger partial charge in [-0.25, -0.2) is 4.79 Å². The number of hydrogen-bond donors (Lipinski definition) is 1. The third-order valence-electron chi connectivity index (χ3n) is 7.68. The number of likely N-dealkylation sites (tertiary alicyclic amines) is 1. The number of amides is 2. The zero-order chi connectivity index (χ0) is 26.2. The number of carbonyl (C=O) groups excluding carboxylic acids is 1. The Bertz CT molecular complexity index is 1090. The molecule has 4 rings (SSSR count). The number of aryl methyl sites for hydroxylation is 2. The molecule has 1 aliphatic heterocycles. The third kappa shape index (κ3) is 5.39. The number of hydrogen-bond acceptors (Lipinski definition) is 3. The first-order chi connectivity index (χ1) is 17.0. The second-order valence-corrected chi connectivity index (χ2v) is 10.4. The molecule has 1 saturated heterocycles. The minimum Gasteiger partial charge on any atom is -0.393 e. The van der Waals surface area contributed by atoms with Crippen LogP contribution in [0.2, 0.25) is 0 Å². The van der Waals surface area contributed by atoms with E-state index >= 15 is 0 Å². The Balaban J connectivity index is 1.67. The average Bonchev–Trinajstić information content (AvgIpc) is 3.25. The van der Waals surface area contributed by atoms with Gasteiger partial charge in [0.15, 0.2) is 0 Å². The van der Waals surface area contributed by atoms with Gasteiger partial charge in [0.05, 0.1) is 18.3 Å². The molecule has 1 N–H and O–H groups in total. The van der Waals surface area contributed by atoms with E-state index in [1.165, 1.54) is 0 Å². The number of halogens is 3. The maximum Gasteiger partial charge on any atom is 0.416 e. The number of fused-ring (bicyclic) bond motifs is 1. The Morgan fingerprint density at radius 1 is 1.14 bits per heavy atom. The Kier molecular flexibility index (Phi) is 7.67. The van der Waals surface area contributed by atoms with E-state index in [2.05, 4.69) is 6.07 Å². The van der Waals surface area contributed by atoms with Gasteiger partial charge in [0.2, 0.25) is 0 Å². The van der Waals surface area contributed by atoms with Gasteiger partial charge in [0, 0.05) is 33.1 Å². The Morgan fingerprint density at radius 3 is 2.50 bits per heavy atom. The predicted octanol–water partition coefficient (Wildman–Crippen LogP) is 5.55. The molecule has 0 radical (unpaired) electrons. The van der Waals surface area contributed by atoms with Crippen LogP contribution in [0, 0.1) is 25.7 Å². The Morgan fingerprint density at radius 2 is 1.86 bits per heavy atom. The summed E-state index contributed by atoms with van der Waals surface area (Å²) in [6.07, 6.45) is -4.09. The summed E-state index contributed by atoms with van der Waals surface area (Å²) in [5.74, 6) is 0.448. The number of benzene rings is 2. The van der Waals surface area contributed by atoms with Crippen LogP contribution < -0.4 is 0 Å². The normalized spacial score (nSPS) is 24.9. The van der Waals surface area contributed by atoms with Crippen LogP contribution >= 0.6 is 0 Å². The van der Waals surface area contributed by atoms with Gasteiger partial charge < -0.3 is 19.6 Å². The summed E-state index contributed by atoms with van der Waals surface area (Å²) in [6, 6.07) is 11.9. The molecule has 0 spiro atoms. The van der Waals surface area contributed by atoms with Gasteiger partial charge in [-0.2, -0.15) is 13.2 Å². The minimum absolute atomic E-state index is 0.0157. The monoisotopic (exact) mass is 504 g/mol. The van der Waals surface area contributed by atoms with Crippen molar-refractivity contribution in [1.82, 2.24) is 9.80 Å². The van der Waals surface area contributed by atoms with Gasteiger partial charge >= 0.3 is 12.2 Å². The van der Waals surface area contributed by atoms with E-state index in [4.69, 9.17) is 4.74 Å². The van der Waals surface area contributed by atoms with Crippen molar-refractivity contribution in [2.24, 2.45) is 11.8 Å². The summed E-state index contributed by atoms with van der Waals surface area (Å²) >= 11 is 0. The van der Waals surface area contributed by atoms with E-state index in [-0.39, 0.29) is 24.0 Å². The largest absolute Gasteiger partial charge is 0.416 e. The molecule has 0 bridgehead atoms. The number of alkyl halides is 3. The van der Waals surface area contributed by atoms with Crippen LogP contribution in [0.3, 0.4) is 0 Å². The lowest BCUT2D eigenvalue weighted by Gasteiger charge is -2.41. The number of nitrogens with zero attached hydrogens (tertiary/aromatic N) is 2. The van der Waals surface area contributed by atoms with Crippen molar-refractivity contribution in [3.05, 3.63) is 70.3 Å². The highest BCUT2D eigenvalue weighted by Gasteiger charge is 2.48. The zero-order valence-corrected chi connectivity index (χ0v) is 21.3. The fourth-order valence-corrected chi connectivity index (χ4v) is 6.03. The molecule has 5 atom stereocenters. The van der Waals surface area contributed by atoms with E-state index in [9.17, 15) is 23.1 Å². The van der Waals surface area contributed by atoms with Crippen LogP contribution in [0.5, 0.6) is 0 Å². The lowest BCUT2D eigenvalue weighted by molar-refractivity contribution is -0.137. The van der Waals surface area contributed by atoms with Crippen LogP contribution in [0.4, 0.5) is 18.0 Å². The second kappa shape index (κ2) is 10.4. The number of rotatable bonds is 5. The smallest absolute Gasteiger partial charge is 0.393 e. The van der Waals surface area contributed by atoms with Crippen LogP contribution in [0.15, 0.2) is 42.5 Å². The lowest BCUT2D eigenvalue weighted by Crippen LogP contribution is -2.40. The number of aliphatic hydroxyl groups excluding tert-OH is 1. The van der Waals surface area contributed by atoms with Gasteiger partial charge in [-0.3, -0.25) is 0 Å². The number of carbonyl (C=O) groups is 1. The van der Waals surface area contributed by atoms with Crippen molar-refractivity contribution in [3.63, 3.8) is 0 Å². The van der Waals surface area contributed by atoms with Crippen LogP contribution in [0.1, 0.15) is 52.7 Å². The molecule has 2 fully saturated rings. The molecule has 2 aliphatic rings. The zero-order valence-electron chi connectivity index (χ0n) is 21.3. The molecule has 2 aromatic rings. The molecule has 36 heavy (non-hydrogen) atoms. The summed E-state index contributed by atoms with van der Waals surface area (Å²) in [5, 5.41) is 10.2. The molecule has 196 valence electrons. The van der Waals surface area contributed by atoms with Gasteiger partial charge in [0.25, 0.3) is 0 Å². The first kappa shape index (κ1) is 26.5. The van der Waals surface area contributed by atoms with Gasteiger partial charge in [-0.05, 0) is 67.3 Å². The minimum atomic E-state index is -4.48. The highest BCUT2D eigenvalue weighted by Crippen LogP contribution is 2.48. The fourth-order valence-electron chi connectivity index (χ4n) is 6.03. The summed E-state index contributed by atoms with van der Waals surface area (Å²) in [4.78, 5) is 16.2. The van der Waals surface area contributed by atoms with Crippen molar-refractivity contribution in [2.45, 2.75) is 51.0 Å². The first-order valence-corrected chi connectivity index (χ1v) is 12.5. The highest BCUT2D eigenvalue weighted by atomic mass is 19.4. The quantitative estimate of drug-likeness (QED) is 0.581. The molecule has 0 aromatic heterocycles. The van der Waals surface area contributed by atoms with Crippen LogP contribution in [-0.4, -0.2) is 60.8 Å². The maximum absolute atomic E-state index is 13.5. The Labute approximate surface area is 210 Å². The molecular formula is C28H35F3N2O3. The summed E-state index contributed by atoms with van der Waals surface area (Å²) in [5.41, 5.74) is 2.30. The average molecular weight is 505 g/mol. The van der Waals surface area contributed by atoms with Crippen LogP contribution in [0.25, 0.3) is 0 Å². The van der Waals surface area contributed by atoms with E-state index < -0.39 is 24.5 Å². The Hall–Kier alpha value is -2.58. The highest BCUT2D eigenvalue weighted by molar-refractivity contribution is 5.74. The van der Waals surface area contributed by atoms with E-state index in [1.807, 2.05) is 30.0 Å². The van der Waals surface area contributed by atoms with Crippen molar-refractivity contribution in [2.75, 3.05) is 33.8 Å². The number of aliphatic hydroxyl groups is 1. The van der Waals surface area contributed by atoms with E-state index in [0.29, 0.717) is 36.6 Å². The second-order valence-electron chi connectivity index (χ2n) is 10.4. The topological polar surface area (TPSA) is 53.0 Å². The molecule has 0 unspecified atom stereocenters. The summed E-state index contributed by atoms with van der Waals surface area (Å²) < 4.78 is 46.9. The van der Waals surface area contributed by atoms with Crippen molar-refractivity contribution in [1.29, 1.82) is 0 Å². The first-order valence-electron chi connectivity index (χ1n) is 12.5. The third-order valence-corrected chi connectivity index (χ3v) is 7.68.